The Morgan fingerprint density at radius 1 is 1.56 bits per heavy atom. The quantitative estimate of drug-likeness (QED) is 0.454. The molecule has 1 fully saturated rings. The molecule has 0 aromatic carbocycles. The molecular weight excluding hydrogens is 311 g/mol. The van der Waals surface area contributed by atoms with E-state index in [1.807, 2.05) is 0 Å². The van der Waals surface area contributed by atoms with Crippen LogP contribution in [0.5, 0.6) is 0 Å². The van der Waals surface area contributed by atoms with Gasteiger partial charge >= 0.3 is 0 Å². The average Bonchev–Trinajstić information content (AvgIpc) is 2.24. The average molecular weight is 336 g/mol. The lowest BCUT2D eigenvalue weighted by Crippen LogP contribution is -2.46. The highest BCUT2D eigenvalue weighted by molar-refractivity contribution is 14.1. The summed E-state index contributed by atoms with van der Waals surface area (Å²) in [6.07, 6.45) is 5.32. The molecule has 1 N–H and O–H groups in total. The van der Waals surface area contributed by atoms with Crippen LogP contribution in [0.15, 0.2) is 12.2 Å². The Morgan fingerprint density at radius 3 is 2.94 bits per heavy atom. The molecule has 0 amide bonds. The zero-order valence-corrected chi connectivity index (χ0v) is 12.8. The van der Waals surface area contributed by atoms with Gasteiger partial charge in [0.1, 0.15) is 0 Å². The number of nitrogens with zero attached hydrogens (tertiary/aromatic N) is 1. The highest BCUT2D eigenvalue weighted by Crippen LogP contribution is 2.24. The van der Waals surface area contributed by atoms with Gasteiger partial charge in [-0.2, -0.15) is 0 Å². The molecule has 0 bridgehead atoms. The second-order valence-electron chi connectivity index (χ2n) is 5.00. The van der Waals surface area contributed by atoms with Gasteiger partial charge in [-0.15, -0.1) is 0 Å². The van der Waals surface area contributed by atoms with Crippen LogP contribution in [-0.4, -0.2) is 28.8 Å². The second kappa shape index (κ2) is 7.67. The molecule has 3 heteroatoms. The van der Waals surface area contributed by atoms with Crippen molar-refractivity contribution in [3.63, 3.8) is 0 Å². The summed E-state index contributed by atoms with van der Waals surface area (Å²) in [5.74, 6) is 0.824. The fourth-order valence-electron chi connectivity index (χ4n) is 2.32. The second-order valence-corrected chi connectivity index (χ2v) is 6.37. The highest BCUT2D eigenvalue weighted by atomic mass is 127. The first-order chi connectivity index (χ1) is 7.63. The Morgan fingerprint density at radius 2 is 2.31 bits per heavy atom. The van der Waals surface area contributed by atoms with E-state index in [0.29, 0.717) is 6.04 Å². The van der Waals surface area contributed by atoms with Crippen molar-refractivity contribution in [3.05, 3.63) is 12.2 Å². The largest absolute Gasteiger partial charge is 0.310 e. The maximum absolute atomic E-state index is 3.97. The maximum atomic E-state index is 3.97. The Balaban J connectivity index is 2.40. The summed E-state index contributed by atoms with van der Waals surface area (Å²) >= 11 is 2.46. The number of rotatable bonds is 6. The zero-order chi connectivity index (χ0) is 12.0. The van der Waals surface area contributed by atoms with E-state index in [-0.39, 0.29) is 0 Å². The SMILES string of the molecule is C=C(C)CNC1CCN(I)CC1CCCC. The van der Waals surface area contributed by atoms with Crippen molar-refractivity contribution in [3.8, 4) is 0 Å². The Bertz CT molecular complexity index is 218. The summed E-state index contributed by atoms with van der Waals surface area (Å²) in [7, 11) is 0. The smallest absolute Gasteiger partial charge is 0.0201 e. The monoisotopic (exact) mass is 336 g/mol. The van der Waals surface area contributed by atoms with Crippen LogP contribution in [0.3, 0.4) is 0 Å². The minimum atomic E-state index is 0.703. The predicted octanol–water partition coefficient (Wildman–Crippen LogP) is 3.38. The number of hydrogen-bond acceptors (Lipinski definition) is 2. The van der Waals surface area contributed by atoms with E-state index in [0.717, 1.165) is 12.5 Å². The van der Waals surface area contributed by atoms with Crippen molar-refractivity contribution in [2.24, 2.45) is 5.92 Å². The Hall–Kier alpha value is 0.390. The minimum absolute atomic E-state index is 0.703. The van der Waals surface area contributed by atoms with Gasteiger partial charge in [-0.1, -0.05) is 31.9 Å². The zero-order valence-electron chi connectivity index (χ0n) is 10.6. The fourth-order valence-corrected chi connectivity index (χ4v) is 3.11. The molecule has 16 heavy (non-hydrogen) atoms. The molecule has 0 aromatic heterocycles. The number of piperidine rings is 1. The molecule has 0 spiro atoms. The van der Waals surface area contributed by atoms with Crippen molar-refractivity contribution < 1.29 is 0 Å². The van der Waals surface area contributed by atoms with Gasteiger partial charge in [0.25, 0.3) is 0 Å². The molecule has 1 aliphatic heterocycles. The molecule has 2 unspecified atom stereocenters. The van der Waals surface area contributed by atoms with Crippen LogP contribution in [0.1, 0.15) is 39.5 Å². The maximum Gasteiger partial charge on any atom is 0.0201 e. The van der Waals surface area contributed by atoms with Crippen molar-refractivity contribution in [1.82, 2.24) is 8.43 Å². The van der Waals surface area contributed by atoms with Gasteiger partial charge in [-0.05, 0) is 25.7 Å². The van der Waals surface area contributed by atoms with Crippen molar-refractivity contribution in [1.29, 1.82) is 0 Å². The number of hydrogen-bond donors (Lipinski definition) is 1. The van der Waals surface area contributed by atoms with Crippen molar-refractivity contribution in [2.45, 2.75) is 45.6 Å². The van der Waals surface area contributed by atoms with E-state index >= 15 is 0 Å². The topological polar surface area (TPSA) is 15.3 Å². The summed E-state index contributed by atoms with van der Waals surface area (Å²) in [6, 6.07) is 0.703. The van der Waals surface area contributed by atoms with E-state index in [1.165, 1.54) is 44.3 Å². The van der Waals surface area contributed by atoms with Gasteiger partial charge in [0.05, 0.1) is 0 Å². The van der Waals surface area contributed by atoms with Crippen LogP contribution in [0.4, 0.5) is 0 Å². The third-order valence-corrected chi connectivity index (χ3v) is 4.16. The Kier molecular flexibility index (Phi) is 6.92. The lowest BCUT2D eigenvalue weighted by molar-refractivity contribution is 0.219. The summed E-state index contributed by atoms with van der Waals surface area (Å²) in [6.45, 7) is 11.8. The normalized spacial score (nSPS) is 26.9. The number of halogens is 1. The lowest BCUT2D eigenvalue weighted by Gasteiger charge is -2.36. The van der Waals surface area contributed by atoms with Crippen molar-refractivity contribution in [2.75, 3.05) is 19.6 Å². The van der Waals surface area contributed by atoms with Gasteiger partial charge < -0.3 is 5.32 Å². The van der Waals surface area contributed by atoms with Crippen LogP contribution < -0.4 is 5.32 Å². The molecule has 1 rings (SSSR count). The summed E-state index contributed by atoms with van der Waals surface area (Å²) in [4.78, 5) is 0. The predicted molar refractivity (Wildman–Crippen MR) is 79.8 cm³/mol. The molecule has 1 saturated heterocycles. The highest BCUT2D eigenvalue weighted by Gasteiger charge is 2.27. The van der Waals surface area contributed by atoms with Crippen LogP contribution >= 0.6 is 22.9 Å². The van der Waals surface area contributed by atoms with E-state index < -0.39 is 0 Å². The standard InChI is InChI=1S/C13H25IN2/c1-4-5-6-12-10-16(14)8-7-13(12)15-9-11(2)3/h12-13,15H,2,4-10H2,1,3H3. The molecule has 0 saturated carbocycles. The van der Waals surface area contributed by atoms with Gasteiger partial charge in [-0.3, -0.25) is 0 Å². The van der Waals surface area contributed by atoms with Crippen LogP contribution in [0.25, 0.3) is 0 Å². The first kappa shape index (κ1) is 14.5. The molecule has 1 heterocycles. The number of unbranched alkanes of at least 4 members (excludes halogenated alkanes) is 1. The molecule has 0 aromatic rings. The molecule has 2 nitrogen and oxygen atoms in total. The van der Waals surface area contributed by atoms with Crippen LogP contribution in [-0.2, 0) is 0 Å². The molecular formula is C13H25IN2. The summed E-state index contributed by atoms with van der Waals surface area (Å²) < 4.78 is 2.44. The molecule has 0 aliphatic carbocycles. The molecule has 1 aliphatic rings. The van der Waals surface area contributed by atoms with Gasteiger partial charge in [-0.25, -0.2) is 3.11 Å². The van der Waals surface area contributed by atoms with Crippen LogP contribution in [0, 0.1) is 5.92 Å². The first-order valence-electron chi connectivity index (χ1n) is 6.42. The molecule has 2 atom stereocenters. The van der Waals surface area contributed by atoms with Gasteiger partial charge in [0.15, 0.2) is 0 Å². The third kappa shape index (κ3) is 5.15. The Labute approximate surface area is 114 Å². The van der Waals surface area contributed by atoms with Gasteiger partial charge in [0.2, 0.25) is 0 Å². The summed E-state index contributed by atoms with van der Waals surface area (Å²) in [5.41, 5.74) is 1.24. The minimum Gasteiger partial charge on any atom is -0.310 e. The van der Waals surface area contributed by atoms with Gasteiger partial charge in [0, 0.05) is 48.5 Å². The van der Waals surface area contributed by atoms with E-state index in [4.69, 9.17) is 0 Å². The first-order valence-corrected chi connectivity index (χ1v) is 7.38. The van der Waals surface area contributed by atoms with E-state index in [2.05, 4.69) is 51.7 Å². The summed E-state index contributed by atoms with van der Waals surface area (Å²) in [5, 5.41) is 3.67. The fraction of sp³-hybridized carbons (Fsp3) is 0.846. The third-order valence-electron chi connectivity index (χ3n) is 3.28. The van der Waals surface area contributed by atoms with Crippen molar-refractivity contribution >= 4 is 22.9 Å². The van der Waals surface area contributed by atoms with Crippen LogP contribution in [0.2, 0.25) is 0 Å². The van der Waals surface area contributed by atoms with E-state index in [1.54, 1.807) is 0 Å². The van der Waals surface area contributed by atoms with E-state index in [9.17, 15) is 0 Å². The number of nitrogens with one attached hydrogen (secondary N) is 1. The molecule has 94 valence electrons. The lowest BCUT2D eigenvalue weighted by atomic mass is 9.89. The molecule has 0 radical (unpaired) electrons.